The Balaban J connectivity index is 1.35. The summed E-state index contributed by atoms with van der Waals surface area (Å²) in [7, 11) is 0. The molecule has 0 radical (unpaired) electrons. The van der Waals surface area contributed by atoms with Crippen molar-refractivity contribution < 1.29 is 13.9 Å². The Bertz CT molecular complexity index is 1420. The molecular formula is C32H32FN3O2. The summed E-state index contributed by atoms with van der Waals surface area (Å²) < 4.78 is 21.4. The number of hydrogen-bond donors (Lipinski definition) is 0. The Morgan fingerprint density at radius 3 is 2.45 bits per heavy atom. The lowest BCUT2D eigenvalue weighted by Gasteiger charge is -2.34. The van der Waals surface area contributed by atoms with E-state index in [4.69, 9.17) is 4.74 Å². The molecule has 0 N–H and O–H groups in total. The number of benzene rings is 3. The molecule has 0 bridgehead atoms. The standard InChI is InChI=1S/C32H32FN3O2/c1-2-22-38-31-12-6-11-29-28(31)23-30(36(29)24-26-13-15-27(33)16-14-26)32(37)35-20-18-34(19-21-35)17-7-10-25-8-4-3-5-9-25/h2-16,23H,1,17-22,24H2/b10-7+. The lowest BCUT2D eigenvalue weighted by molar-refractivity contribution is 0.0640. The van der Waals surface area contributed by atoms with E-state index >= 15 is 0 Å². The van der Waals surface area contributed by atoms with Crippen LogP contribution in [0, 0.1) is 5.82 Å². The second-order valence-electron chi connectivity index (χ2n) is 9.44. The number of amides is 1. The van der Waals surface area contributed by atoms with Gasteiger partial charge in [-0.3, -0.25) is 9.69 Å². The second kappa shape index (κ2) is 11.9. The summed E-state index contributed by atoms with van der Waals surface area (Å²) in [6, 6.07) is 24.4. The third kappa shape index (κ3) is 5.87. The van der Waals surface area contributed by atoms with Gasteiger partial charge in [-0.25, -0.2) is 4.39 Å². The number of aromatic nitrogens is 1. The molecule has 0 saturated carbocycles. The average Bonchev–Trinajstić information content (AvgIpc) is 3.32. The first-order valence-corrected chi connectivity index (χ1v) is 13.0. The van der Waals surface area contributed by atoms with Gasteiger partial charge in [0.25, 0.3) is 5.91 Å². The van der Waals surface area contributed by atoms with Crippen LogP contribution in [0.5, 0.6) is 5.75 Å². The van der Waals surface area contributed by atoms with Crippen LogP contribution in [0.3, 0.4) is 0 Å². The van der Waals surface area contributed by atoms with Crippen LogP contribution in [0.2, 0.25) is 0 Å². The van der Waals surface area contributed by atoms with E-state index in [9.17, 15) is 9.18 Å². The number of nitrogens with zero attached hydrogens (tertiary/aromatic N) is 3. The molecule has 0 spiro atoms. The molecule has 194 valence electrons. The Morgan fingerprint density at radius 2 is 1.71 bits per heavy atom. The third-order valence-electron chi connectivity index (χ3n) is 6.87. The van der Waals surface area contributed by atoms with Crippen molar-refractivity contribution >= 4 is 22.9 Å². The number of rotatable bonds is 9. The molecular weight excluding hydrogens is 477 g/mol. The largest absolute Gasteiger partial charge is 0.489 e. The first kappa shape index (κ1) is 25.5. The van der Waals surface area contributed by atoms with Gasteiger partial charge in [0.05, 0.1) is 5.52 Å². The van der Waals surface area contributed by atoms with Gasteiger partial charge in [0.2, 0.25) is 0 Å². The smallest absolute Gasteiger partial charge is 0.270 e. The summed E-state index contributed by atoms with van der Waals surface area (Å²) in [5.41, 5.74) is 3.62. The van der Waals surface area contributed by atoms with Crippen LogP contribution < -0.4 is 4.74 Å². The summed E-state index contributed by atoms with van der Waals surface area (Å²) in [5.74, 6) is 0.431. The summed E-state index contributed by atoms with van der Waals surface area (Å²) in [6.45, 7) is 8.39. The fourth-order valence-corrected chi connectivity index (χ4v) is 4.85. The minimum absolute atomic E-state index is 0.00235. The monoisotopic (exact) mass is 509 g/mol. The van der Waals surface area contributed by atoms with Gasteiger partial charge >= 0.3 is 0 Å². The Labute approximate surface area is 223 Å². The van der Waals surface area contributed by atoms with Crippen LogP contribution >= 0.6 is 0 Å². The van der Waals surface area contributed by atoms with E-state index in [0.717, 1.165) is 36.1 Å². The fraction of sp³-hybridized carbons (Fsp3) is 0.219. The molecule has 5 rings (SSSR count). The Hall–Kier alpha value is -4.16. The predicted octanol–water partition coefficient (Wildman–Crippen LogP) is 5.86. The van der Waals surface area contributed by atoms with Crippen LogP contribution in [0.1, 0.15) is 21.6 Å². The lowest BCUT2D eigenvalue weighted by atomic mass is 10.2. The SMILES string of the molecule is C=CCOc1cccc2c1cc(C(=O)N1CCN(C/C=C/c3ccccc3)CC1)n2Cc1ccc(F)cc1. The van der Waals surface area contributed by atoms with Gasteiger partial charge in [-0.05, 0) is 41.5 Å². The fourth-order valence-electron chi connectivity index (χ4n) is 4.85. The van der Waals surface area contributed by atoms with Gasteiger partial charge < -0.3 is 14.2 Å². The van der Waals surface area contributed by atoms with E-state index in [1.165, 1.54) is 17.7 Å². The van der Waals surface area contributed by atoms with Crippen molar-refractivity contribution in [2.45, 2.75) is 6.54 Å². The average molecular weight is 510 g/mol. The molecule has 1 saturated heterocycles. The van der Waals surface area contributed by atoms with Crippen molar-refractivity contribution in [3.63, 3.8) is 0 Å². The van der Waals surface area contributed by atoms with Crippen molar-refractivity contribution in [3.05, 3.63) is 120 Å². The van der Waals surface area contributed by atoms with Gasteiger partial charge in [-0.2, -0.15) is 0 Å². The summed E-state index contributed by atoms with van der Waals surface area (Å²) in [4.78, 5) is 18.1. The van der Waals surface area contributed by atoms with Gasteiger partial charge in [0.1, 0.15) is 23.9 Å². The maximum atomic E-state index is 13.8. The van der Waals surface area contributed by atoms with Crippen LogP contribution in [0.4, 0.5) is 4.39 Å². The molecule has 0 unspecified atom stereocenters. The van der Waals surface area contributed by atoms with Crippen molar-refractivity contribution in [2.75, 3.05) is 39.3 Å². The molecule has 1 aromatic heterocycles. The van der Waals surface area contributed by atoms with Gasteiger partial charge in [0, 0.05) is 44.7 Å². The molecule has 6 heteroatoms. The molecule has 4 aromatic rings. The molecule has 0 aliphatic carbocycles. The zero-order valence-electron chi connectivity index (χ0n) is 21.4. The highest BCUT2D eigenvalue weighted by Crippen LogP contribution is 2.31. The summed E-state index contributed by atoms with van der Waals surface area (Å²) in [6.07, 6.45) is 6.02. The normalized spacial score (nSPS) is 14.3. The minimum Gasteiger partial charge on any atom is -0.489 e. The van der Waals surface area contributed by atoms with E-state index in [-0.39, 0.29) is 11.7 Å². The van der Waals surface area contributed by atoms with Crippen LogP contribution in [-0.2, 0) is 6.54 Å². The molecule has 5 nitrogen and oxygen atoms in total. The minimum atomic E-state index is -0.279. The highest BCUT2D eigenvalue weighted by atomic mass is 19.1. The molecule has 38 heavy (non-hydrogen) atoms. The number of fused-ring (bicyclic) bond motifs is 1. The number of halogens is 1. The highest BCUT2D eigenvalue weighted by Gasteiger charge is 2.26. The Kier molecular flexibility index (Phi) is 8.00. The van der Waals surface area contributed by atoms with Crippen molar-refractivity contribution in [2.24, 2.45) is 0 Å². The first-order chi connectivity index (χ1) is 18.6. The number of carbonyl (C=O) groups excluding carboxylic acids is 1. The molecule has 1 aliphatic rings. The van der Waals surface area contributed by atoms with Crippen LogP contribution in [0.25, 0.3) is 17.0 Å². The van der Waals surface area contributed by atoms with Crippen LogP contribution in [-0.4, -0.2) is 59.6 Å². The first-order valence-electron chi connectivity index (χ1n) is 13.0. The van der Waals surface area contributed by atoms with E-state index in [0.29, 0.717) is 37.7 Å². The lowest BCUT2D eigenvalue weighted by Crippen LogP contribution is -2.49. The van der Waals surface area contributed by atoms with Gasteiger partial charge in [-0.15, -0.1) is 0 Å². The van der Waals surface area contributed by atoms with E-state index in [2.05, 4.69) is 35.8 Å². The van der Waals surface area contributed by atoms with Gasteiger partial charge in [-0.1, -0.05) is 73.3 Å². The highest BCUT2D eigenvalue weighted by molar-refractivity contribution is 6.00. The molecule has 1 amide bonds. The summed E-state index contributed by atoms with van der Waals surface area (Å²) in [5, 5.41) is 0.879. The number of ether oxygens (including phenoxy) is 1. The summed E-state index contributed by atoms with van der Waals surface area (Å²) >= 11 is 0. The third-order valence-corrected chi connectivity index (χ3v) is 6.87. The zero-order chi connectivity index (χ0) is 26.3. The van der Waals surface area contributed by atoms with E-state index < -0.39 is 0 Å². The maximum Gasteiger partial charge on any atom is 0.270 e. The number of carbonyl (C=O) groups is 1. The van der Waals surface area contributed by atoms with Crippen molar-refractivity contribution in [1.29, 1.82) is 0 Å². The molecule has 1 aliphatic heterocycles. The van der Waals surface area contributed by atoms with Gasteiger partial charge in [0.15, 0.2) is 0 Å². The van der Waals surface area contributed by atoms with Crippen molar-refractivity contribution in [1.82, 2.24) is 14.4 Å². The quantitative estimate of drug-likeness (QED) is 0.265. The van der Waals surface area contributed by atoms with Crippen LogP contribution in [0.15, 0.2) is 97.6 Å². The van der Waals surface area contributed by atoms with E-state index in [1.807, 2.05) is 51.9 Å². The number of hydrogen-bond acceptors (Lipinski definition) is 3. The zero-order valence-corrected chi connectivity index (χ0v) is 21.4. The van der Waals surface area contributed by atoms with Crippen molar-refractivity contribution in [3.8, 4) is 5.75 Å². The second-order valence-corrected chi connectivity index (χ2v) is 9.44. The number of piperazine rings is 1. The molecule has 1 fully saturated rings. The predicted molar refractivity (Wildman–Crippen MR) is 151 cm³/mol. The van der Waals surface area contributed by atoms with E-state index in [1.54, 1.807) is 18.2 Å². The maximum absolute atomic E-state index is 13.8. The molecule has 0 atom stereocenters. The Morgan fingerprint density at radius 1 is 0.947 bits per heavy atom. The molecule has 3 aromatic carbocycles. The topological polar surface area (TPSA) is 37.7 Å². The molecule has 2 heterocycles.